The molecule has 0 bridgehead atoms. The monoisotopic (exact) mass is 356 g/mol. The van der Waals surface area contributed by atoms with Crippen LogP contribution in [0, 0.1) is 0 Å². The number of carbonyl (C=O) groups excluding carboxylic acids is 1. The van der Waals surface area contributed by atoms with Gasteiger partial charge in [0.15, 0.2) is 0 Å². The van der Waals surface area contributed by atoms with Gasteiger partial charge in [-0.2, -0.15) is 10.1 Å². The van der Waals surface area contributed by atoms with E-state index in [2.05, 4.69) is 33.9 Å². The van der Waals surface area contributed by atoms with Crippen molar-refractivity contribution in [2.45, 2.75) is 45.1 Å². The summed E-state index contributed by atoms with van der Waals surface area (Å²) < 4.78 is 1.70. The Morgan fingerprint density at radius 3 is 2.96 bits per heavy atom. The highest BCUT2D eigenvalue weighted by Gasteiger charge is 2.31. The first-order valence-electron chi connectivity index (χ1n) is 8.56. The zero-order chi connectivity index (χ0) is 17.4. The Balaban J connectivity index is 1.73. The van der Waals surface area contributed by atoms with Gasteiger partial charge in [-0.15, -0.1) is 11.3 Å². The highest BCUT2D eigenvalue weighted by atomic mass is 32.1. The van der Waals surface area contributed by atoms with Gasteiger partial charge in [0.25, 0.3) is 11.7 Å². The Labute approximate surface area is 149 Å². The Bertz CT molecular complexity index is 888. The zero-order valence-corrected chi connectivity index (χ0v) is 15.1. The van der Waals surface area contributed by atoms with E-state index in [-0.39, 0.29) is 17.9 Å². The van der Waals surface area contributed by atoms with Gasteiger partial charge < -0.3 is 4.90 Å². The smallest absolute Gasteiger partial charge is 0.273 e. The second-order valence-electron chi connectivity index (χ2n) is 6.57. The van der Waals surface area contributed by atoms with Crippen molar-refractivity contribution in [2.24, 2.45) is 0 Å². The Morgan fingerprint density at radius 2 is 2.20 bits per heavy atom. The van der Waals surface area contributed by atoms with Gasteiger partial charge in [0.1, 0.15) is 17.0 Å². The normalized spacial score (nSPS) is 18.2. The lowest BCUT2D eigenvalue weighted by Crippen LogP contribution is -2.39. The van der Waals surface area contributed by atoms with Gasteiger partial charge in [0.05, 0.1) is 11.7 Å². The molecule has 1 atom stereocenters. The van der Waals surface area contributed by atoms with Gasteiger partial charge in [-0.05, 0) is 31.2 Å². The van der Waals surface area contributed by atoms with Crippen LogP contribution in [0.15, 0.2) is 24.0 Å². The molecule has 0 radical (unpaired) electrons. The molecule has 1 saturated heterocycles. The molecule has 3 aromatic heterocycles. The third-order valence-corrected chi connectivity index (χ3v) is 5.47. The largest absolute Gasteiger partial charge is 0.328 e. The molecule has 7 nitrogen and oxygen atoms in total. The summed E-state index contributed by atoms with van der Waals surface area (Å²) in [5.74, 6) is 0.638. The number of rotatable bonds is 3. The summed E-state index contributed by atoms with van der Waals surface area (Å²) in [4.78, 5) is 28.2. The highest BCUT2D eigenvalue weighted by molar-refractivity contribution is 7.09. The molecule has 0 aliphatic carbocycles. The average molecular weight is 356 g/mol. The van der Waals surface area contributed by atoms with Crippen molar-refractivity contribution in [3.63, 3.8) is 0 Å². The molecule has 0 saturated carbocycles. The third-order valence-electron chi connectivity index (χ3n) is 4.59. The quantitative estimate of drug-likeness (QED) is 0.721. The molecular weight excluding hydrogens is 336 g/mol. The summed E-state index contributed by atoms with van der Waals surface area (Å²) in [5, 5.41) is 7.18. The fourth-order valence-corrected chi connectivity index (χ4v) is 4.12. The lowest BCUT2D eigenvalue weighted by molar-refractivity contribution is 0.0605. The summed E-state index contributed by atoms with van der Waals surface area (Å²) in [6, 6.07) is 1.89. The van der Waals surface area contributed by atoms with Crippen LogP contribution in [-0.2, 0) is 0 Å². The van der Waals surface area contributed by atoms with E-state index in [0.29, 0.717) is 11.5 Å². The molecule has 0 N–H and O–H groups in total. The van der Waals surface area contributed by atoms with Crippen molar-refractivity contribution < 1.29 is 4.79 Å². The minimum absolute atomic E-state index is 0.0413. The number of hydrogen-bond acceptors (Lipinski definition) is 6. The van der Waals surface area contributed by atoms with E-state index < -0.39 is 0 Å². The van der Waals surface area contributed by atoms with Crippen molar-refractivity contribution >= 4 is 23.0 Å². The van der Waals surface area contributed by atoms with Crippen LogP contribution in [0.3, 0.4) is 0 Å². The predicted molar refractivity (Wildman–Crippen MR) is 94.6 cm³/mol. The van der Waals surface area contributed by atoms with Gasteiger partial charge in [0.2, 0.25) is 0 Å². The lowest BCUT2D eigenvalue weighted by Gasteiger charge is -2.34. The maximum atomic E-state index is 13.2. The van der Waals surface area contributed by atoms with E-state index in [1.807, 2.05) is 16.3 Å². The van der Waals surface area contributed by atoms with Crippen LogP contribution in [0.5, 0.6) is 0 Å². The summed E-state index contributed by atoms with van der Waals surface area (Å²) in [6.45, 7) is 4.88. The molecule has 130 valence electrons. The number of hydrogen-bond donors (Lipinski definition) is 0. The van der Waals surface area contributed by atoms with Gasteiger partial charge in [0, 0.05) is 18.1 Å². The predicted octanol–water partition coefficient (Wildman–Crippen LogP) is 3.07. The molecule has 1 fully saturated rings. The third kappa shape index (κ3) is 2.90. The Morgan fingerprint density at radius 1 is 1.32 bits per heavy atom. The lowest BCUT2D eigenvalue weighted by atomic mass is 10.0. The van der Waals surface area contributed by atoms with E-state index in [4.69, 9.17) is 0 Å². The molecule has 3 aromatic rings. The first-order valence-corrected chi connectivity index (χ1v) is 9.44. The summed E-state index contributed by atoms with van der Waals surface area (Å²) >= 11 is 1.61. The first kappa shape index (κ1) is 16.1. The Kier molecular flexibility index (Phi) is 4.20. The second-order valence-corrected chi connectivity index (χ2v) is 7.50. The van der Waals surface area contributed by atoms with Crippen LogP contribution in [-0.4, -0.2) is 41.9 Å². The number of piperidine rings is 1. The van der Waals surface area contributed by atoms with Crippen LogP contribution >= 0.6 is 11.3 Å². The fourth-order valence-electron chi connectivity index (χ4n) is 3.33. The van der Waals surface area contributed by atoms with Crippen molar-refractivity contribution in [3.05, 3.63) is 40.4 Å². The van der Waals surface area contributed by atoms with E-state index in [1.54, 1.807) is 22.0 Å². The van der Waals surface area contributed by atoms with Crippen LogP contribution in [0.1, 0.15) is 66.3 Å². The topological polar surface area (TPSA) is 76.3 Å². The molecule has 4 heterocycles. The minimum Gasteiger partial charge on any atom is -0.328 e. The van der Waals surface area contributed by atoms with E-state index in [9.17, 15) is 4.79 Å². The van der Waals surface area contributed by atoms with Crippen LogP contribution in [0.2, 0.25) is 0 Å². The molecule has 1 aliphatic rings. The fraction of sp³-hybridized carbons (Fsp3) is 0.471. The first-order chi connectivity index (χ1) is 12.1. The van der Waals surface area contributed by atoms with Gasteiger partial charge in [-0.1, -0.05) is 13.8 Å². The molecule has 25 heavy (non-hydrogen) atoms. The SMILES string of the molecule is CC(C)c1cc(C(=O)N2CCCCC2c2nccs2)nc2ncnn12. The van der Waals surface area contributed by atoms with Crippen molar-refractivity contribution in [3.8, 4) is 0 Å². The van der Waals surface area contributed by atoms with Crippen molar-refractivity contribution in [1.82, 2.24) is 29.5 Å². The van der Waals surface area contributed by atoms with Crippen molar-refractivity contribution in [1.29, 1.82) is 0 Å². The van der Waals surface area contributed by atoms with E-state index in [0.717, 1.165) is 36.5 Å². The molecular formula is C17H20N6OS. The highest BCUT2D eigenvalue weighted by Crippen LogP contribution is 2.33. The molecule has 1 amide bonds. The molecule has 1 unspecified atom stereocenters. The summed E-state index contributed by atoms with van der Waals surface area (Å²) in [7, 11) is 0. The second kappa shape index (κ2) is 6.51. The Hall–Kier alpha value is -2.35. The number of carbonyl (C=O) groups is 1. The zero-order valence-electron chi connectivity index (χ0n) is 14.3. The number of amides is 1. The maximum absolute atomic E-state index is 13.2. The van der Waals surface area contributed by atoms with E-state index >= 15 is 0 Å². The molecule has 0 aromatic carbocycles. The number of nitrogens with zero attached hydrogens (tertiary/aromatic N) is 6. The van der Waals surface area contributed by atoms with Crippen LogP contribution in [0.25, 0.3) is 5.78 Å². The number of likely N-dealkylation sites (tertiary alicyclic amines) is 1. The van der Waals surface area contributed by atoms with Crippen molar-refractivity contribution in [2.75, 3.05) is 6.54 Å². The molecule has 8 heteroatoms. The number of fused-ring (bicyclic) bond motifs is 1. The molecule has 4 rings (SSSR count). The van der Waals surface area contributed by atoms with E-state index in [1.165, 1.54) is 6.33 Å². The maximum Gasteiger partial charge on any atom is 0.273 e. The summed E-state index contributed by atoms with van der Waals surface area (Å²) in [6.07, 6.45) is 6.35. The standard InChI is InChI=1S/C17H20N6OS/c1-11(2)14-9-12(21-17-19-10-20-23(14)17)16(24)22-7-4-3-5-13(22)15-18-6-8-25-15/h6,8-11,13H,3-5,7H2,1-2H3. The number of aromatic nitrogens is 5. The van der Waals surface area contributed by atoms with Crippen LogP contribution in [0.4, 0.5) is 0 Å². The van der Waals surface area contributed by atoms with Gasteiger partial charge in [-0.25, -0.2) is 14.5 Å². The van der Waals surface area contributed by atoms with Crippen LogP contribution < -0.4 is 0 Å². The minimum atomic E-state index is -0.0488. The molecule has 0 spiro atoms. The van der Waals surface area contributed by atoms with Gasteiger partial charge in [-0.3, -0.25) is 4.79 Å². The van der Waals surface area contributed by atoms with Gasteiger partial charge >= 0.3 is 0 Å². The molecule has 1 aliphatic heterocycles. The number of thiazole rings is 1. The summed E-state index contributed by atoms with van der Waals surface area (Å²) in [5.41, 5.74) is 1.38. The average Bonchev–Trinajstić information content (AvgIpc) is 3.31.